The van der Waals surface area contributed by atoms with Gasteiger partial charge in [0, 0.05) is 21.8 Å². The van der Waals surface area contributed by atoms with Crippen LogP contribution in [-0.4, -0.2) is 125 Å². The molecular weight excluding hydrogens is 1200 g/mol. The van der Waals surface area contributed by atoms with E-state index < -0.39 is 74.5 Å². The van der Waals surface area contributed by atoms with Crippen molar-refractivity contribution in [3.05, 3.63) is 170 Å². The number of unbranched alkanes of at least 4 members (excludes halogenated alkanes) is 4. The molecule has 18 nitrogen and oxygen atoms in total. The van der Waals surface area contributed by atoms with Crippen LogP contribution in [-0.2, 0) is 34.3 Å². The van der Waals surface area contributed by atoms with Crippen LogP contribution < -0.4 is 21.3 Å². The van der Waals surface area contributed by atoms with Crippen molar-refractivity contribution in [1.82, 2.24) is 19.6 Å². The number of nitrogens with zero attached hydrogens (tertiary/aromatic N) is 4. The number of carbonyl (C=O) groups is 5. The van der Waals surface area contributed by atoms with Crippen molar-refractivity contribution in [2.75, 3.05) is 43.0 Å². The lowest BCUT2D eigenvalue weighted by atomic mass is 9.77. The number of β-lactam (4-membered cyclic amide) rings is 1. The fraction of sp³-hybridized carbons (Fsp3) is 0.406. The first-order chi connectivity index (χ1) is 41.8. The van der Waals surface area contributed by atoms with Crippen molar-refractivity contribution >= 4 is 98.7 Å². The number of quaternary nitrogens is 1. The molecule has 0 saturated carbocycles. The number of carboxylic acid groups (broad SMARTS) is 2. The molecule has 5 N–H and O–H groups in total. The summed E-state index contributed by atoms with van der Waals surface area (Å²) in [5, 5.41) is 43.5. The van der Waals surface area contributed by atoms with Gasteiger partial charge in [0.2, 0.25) is 0 Å². The molecule has 3 atom stereocenters. The number of phenolic OH excluding ortho intramolecular Hbond substituents is 1. The number of carboxylic acids is 2. The molecule has 4 heterocycles. The number of carbonyl (C=O) groups excluding carboxylic acids is 4. The Morgan fingerprint density at radius 2 is 1.34 bits per heavy atom. The number of ether oxygens (including phenoxy) is 1. The maximum Gasteiger partial charge on any atom is 0.361 e. The molecule has 464 valence electrons. The normalized spacial score (nSPS) is 15.6. The zero-order valence-electron chi connectivity index (χ0n) is 50.1. The molecule has 6 aromatic rings. The molecule has 1 saturated heterocycles. The molecule has 2 aliphatic heterocycles. The van der Waals surface area contributed by atoms with Crippen LogP contribution in [0.1, 0.15) is 133 Å². The van der Waals surface area contributed by atoms with Crippen LogP contribution in [0.25, 0.3) is 0 Å². The van der Waals surface area contributed by atoms with Crippen molar-refractivity contribution in [2.24, 2.45) is 5.16 Å². The van der Waals surface area contributed by atoms with Gasteiger partial charge in [0.1, 0.15) is 39.7 Å². The number of fused-ring (bicyclic) bond motifs is 1. The second-order valence-electron chi connectivity index (χ2n) is 22.1. The van der Waals surface area contributed by atoms with Crippen LogP contribution in [0.15, 0.2) is 151 Å². The number of hydrogen-bond acceptors (Lipinski definition) is 18. The first kappa shape index (κ1) is 67.6. The number of hydrogen-bond donors (Lipinski definition) is 5. The Bertz CT molecular complexity index is 3250. The maximum absolute atomic E-state index is 14.6. The van der Waals surface area contributed by atoms with E-state index in [1.165, 1.54) is 106 Å². The summed E-state index contributed by atoms with van der Waals surface area (Å²) in [6.07, 6.45) is 11.1. The van der Waals surface area contributed by atoms with E-state index >= 15 is 0 Å². The number of H-pyrrole nitrogens is 1. The molecule has 0 radical (unpaired) electrons. The van der Waals surface area contributed by atoms with E-state index in [0.717, 1.165) is 68.0 Å². The standard InChI is InChI=1S/C48H42N6O11S5.C16H36N/c1-47(2,3)64-43(63)44(69-31-21-19-30(55)20-22-31)65-52-34(32-25-68-46(49-32)51-48(27-13-7-4-8-14-27,28-15-9-5-10-16-28)29-17-11-6-12-18-29)38(57)50-35-39(58)54-36(42(61)62)26(23-66-40(35)54)24-67-45-33(41(59)60)37(56)53-70-45;1-5-9-13-17(14-10-6-2,15-11-7-3)16-12-8-4/h4-22,25,35,40,44,55H,23-24H2,1-3H3,(H,49,51)(H,50,57)(H,53,56)(H,59,60)(H,61,62);5-16H2,1-4H3/q;+1/p-1/b52-34-;. The third-order valence-corrected chi connectivity index (χ3v) is 19.9. The molecule has 23 heteroatoms. The van der Waals surface area contributed by atoms with Gasteiger partial charge in [-0.2, -0.15) is 0 Å². The quantitative estimate of drug-likeness (QED) is 0.00411. The van der Waals surface area contributed by atoms with Crippen molar-refractivity contribution in [3.63, 3.8) is 0 Å². The molecule has 0 bridgehead atoms. The summed E-state index contributed by atoms with van der Waals surface area (Å²) in [6.45, 7) is 20.0. The van der Waals surface area contributed by atoms with Gasteiger partial charge in [-0.15, -0.1) is 34.9 Å². The van der Waals surface area contributed by atoms with Crippen LogP contribution in [0.5, 0.6) is 5.75 Å². The van der Waals surface area contributed by atoms with E-state index in [9.17, 15) is 44.1 Å². The third kappa shape index (κ3) is 17.5. The van der Waals surface area contributed by atoms with Gasteiger partial charge >= 0.3 is 11.9 Å². The highest BCUT2D eigenvalue weighted by Crippen LogP contribution is 2.43. The first-order valence-electron chi connectivity index (χ1n) is 29.2. The maximum atomic E-state index is 14.6. The number of rotatable bonds is 30. The average Bonchev–Trinajstić information content (AvgIpc) is 0.938. The predicted octanol–water partition coefficient (Wildman–Crippen LogP) is 11.1. The highest BCUT2D eigenvalue weighted by molar-refractivity contribution is 8.02. The van der Waals surface area contributed by atoms with Crippen LogP contribution in [0, 0.1) is 0 Å². The monoisotopic (exact) mass is 1280 g/mol. The first-order valence-corrected chi connectivity index (χ1v) is 33.8. The zero-order chi connectivity index (χ0) is 62.7. The zero-order valence-corrected chi connectivity index (χ0v) is 54.2. The second-order valence-corrected chi connectivity index (χ2v) is 27.2. The highest BCUT2D eigenvalue weighted by atomic mass is 32.2. The van der Waals surface area contributed by atoms with Gasteiger partial charge in [-0.25, -0.2) is 14.6 Å². The largest absolute Gasteiger partial charge is 0.545 e. The fourth-order valence-electron chi connectivity index (χ4n) is 10.2. The average molecular weight is 1280 g/mol. The minimum atomic E-state index is -1.68. The van der Waals surface area contributed by atoms with E-state index in [2.05, 4.69) is 47.9 Å². The van der Waals surface area contributed by atoms with Crippen molar-refractivity contribution in [3.8, 4) is 5.75 Å². The lowest BCUT2D eigenvalue weighted by Gasteiger charge is -2.49. The summed E-state index contributed by atoms with van der Waals surface area (Å²) < 4.78 is 9.51. The number of phenols is 1. The molecule has 8 rings (SSSR count). The van der Waals surface area contributed by atoms with Crippen LogP contribution in [0.3, 0.4) is 0 Å². The molecule has 0 aliphatic carbocycles. The molecule has 2 amide bonds. The van der Waals surface area contributed by atoms with Crippen LogP contribution >= 0.6 is 58.2 Å². The van der Waals surface area contributed by atoms with Crippen molar-refractivity contribution < 1.29 is 53.3 Å². The highest BCUT2D eigenvalue weighted by Gasteiger charge is 2.54. The number of aromatic amines is 1. The predicted molar refractivity (Wildman–Crippen MR) is 345 cm³/mol. The second kappa shape index (κ2) is 31.8. The third-order valence-electron chi connectivity index (χ3n) is 14.5. The minimum Gasteiger partial charge on any atom is -0.545 e. The number of anilines is 1. The summed E-state index contributed by atoms with van der Waals surface area (Å²) in [4.78, 5) is 90.9. The SMILES string of the molecule is CC(C)(C)OC(=O)C(O/N=C(\C(=O)NC1C(=O)N2C(C(=O)O)=C(CSc3s[nH]c(=O)c3C(=O)[O-])CSC12)c1csc(NC(c2ccccc2)(c2ccccc2)c2ccccc2)n1)Sc1ccc(O)cc1.CCCC[N+](CCCC)(CCCC)CCCC. The summed E-state index contributed by atoms with van der Waals surface area (Å²) in [5.41, 5.74) is -2.70. The molecule has 2 aliphatic rings. The number of nitrogens with one attached hydrogen (secondary N) is 3. The number of thiazole rings is 1. The summed E-state index contributed by atoms with van der Waals surface area (Å²) in [6, 6.07) is 34.0. The number of esters is 1. The number of oxime groups is 1. The lowest BCUT2D eigenvalue weighted by molar-refractivity contribution is -0.929. The van der Waals surface area contributed by atoms with Gasteiger partial charge in [0.25, 0.3) is 22.8 Å². The van der Waals surface area contributed by atoms with Gasteiger partial charge in [-0.1, -0.05) is 173 Å². The number of aromatic nitrogens is 2. The molecule has 87 heavy (non-hydrogen) atoms. The molecule has 3 unspecified atom stereocenters. The van der Waals surface area contributed by atoms with E-state index in [1.807, 2.05) is 91.0 Å². The van der Waals surface area contributed by atoms with E-state index in [4.69, 9.17) is 14.6 Å². The van der Waals surface area contributed by atoms with Crippen LogP contribution in [0.2, 0.25) is 0 Å². The van der Waals surface area contributed by atoms with Gasteiger partial charge in [-0.05, 0) is 93.0 Å². The number of amides is 2. The summed E-state index contributed by atoms with van der Waals surface area (Å²) in [7, 11) is 0. The molecular formula is C64H77N7O11S5. The minimum absolute atomic E-state index is 0.000922. The Morgan fingerprint density at radius 1 is 0.816 bits per heavy atom. The Morgan fingerprint density at radius 3 is 1.83 bits per heavy atom. The van der Waals surface area contributed by atoms with Gasteiger partial charge in [-0.3, -0.25) is 23.7 Å². The van der Waals surface area contributed by atoms with Gasteiger partial charge in [0.05, 0.1) is 41.9 Å². The summed E-state index contributed by atoms with van der Waals surface area (Å²) >= 11 is 4.92. The van der Waals surface area contributed by atoms with E-state index in [1.54, 1.807) is 38.3 Å². The van der Waals surface area contributed by atoms with E-state index in [-0.39, 0.29) is 38.4 Å². The number of aromatic carboxylic acids is 1. The molecule has 1 fully saturated rings. The topological polar surface area (TPSA) is 253 Å². The van der Waals surface area contributed by atoms with E-state index in [0.29, 0.717) is 10.0 Å². The molecule has 4 aromatic carbocycles. The molecule has 0 spiro atoms. The molecule has 2 aromatic heterocycles. The van der Waals surface area contributed by atoms with Gasteiger partial charge < -0.3 is 44.8 Å². The Labute approximate surface area is 529 Å². The smallest absolute Gasteiger partial charge is 0.361 e. The Hall–Kier alpha value is -6.89. The number of aromatic hydroxyl groups is 1. The van der Waals surface area contributed by atoms with Crippen molar-refractivity contribution in [1.29, 1.82) is 0 Å². The number of aliphatic carboxylic acids is 1. The Kier molecular flexibility index (Phi) is 24.8. The lowest BCUT2D eigenvalue weighted by Crippen LogP contribution is -2.71. The Balaban J connectivity index is 0.000000553. The number of thioether (sulfide) groups is 3. The van der Waals surface area contributed by atoms with Crippen LogP contribution in [0.4, 0.5) is 5.13 Å². The summed E-state index contributed by atoms with van der Waals surface area (Å²) in [5.74, 6) is -5.61. The number of benzene rings is 4. The fourth-order valence-corrected chi connectivity index (χ4v) is 15.1. The van der Waals surface area contributed by atoms with Gasteiger partial charge in [0.15, 0.2) is 10.8 Å². The van der Waals surface area contributed by atoms with Crippen molar-refractivity contribution in [2.45, 2.75) is 137 Å².